The minimum absolute atomic E-state index is 0.129. The van der Waals surface area contributed by atoms with Gasteiger partial charge in [0.25, 0.3) is 0 Å². The SMILES string of the molecule is CO[C@@H]1C[C@@H](c2ncn[nH]2)N(Cc2ncc(-c3ccccc3)o2)C1. The normalized spacial score (nSPS) is 21.4. The standard InChI is InChI=1S/C17H19N5O2/c1-23-13-7-14(17-19-11-20-21-17)22(9-13)10-16-18-8-15(24-16)12-5-3-2-4-6-12/h2-6,8,11,13-14H,7,9-10H2,1H3,(H,19,20,21)/t13-,14+/m1/s1. The van der Waals surface area contributed by atoms with Gasteiger partial charge in [-0.1, -0.05) is 30.3 Å². The number of rotatable bonds is 5. The van der Waals surface area contributed by atoms with Crippen LogP contribution in [-0.4, -0.2) is 44.8 Å². The number of aromatic amines is 1. The summed E-state index contributed by atoms with van der Waals surface area (Å²) in [5.41, 5.74) is 1.03. The van der Waals surface area contributed by atoms with E-state index in [-0.39, 0.29) is 12.1 Å². The maximum atomic E-state index is 5.93. The molecule has 124 valence electrons. The van der Waals surface area contributed by atoms with Crippen LogP contribution in [0.15, 0.2) is 47.3 Å². The van der Waals surface area contributed by atoms with Gasteiger partial charge in [0, 0.05) is 19.2 Å². The van der Waals surface area contributed by atoms with Crippen molar-refractivity contribution >= 4 is 0 Å². The van der Waals surface area contributed by atoms with Gasteiger partial charge in [-0.3, -0.25) is 10.00 Å². The van der Waals surface area contributed by atoms with Crippen LogP contribution in [0.25, 0.3) is 11.3 Å². The first-order chi connectivity index (χ1) is 11.8. The second-order valence-electron chi connectivity index (χ2n) is 5.89. The number of nitrogens with zero attached hydrogens (tertiary/aromatic N) is 4. The van der Waals surface area contributed by atoms with Crippen molar-refractivity contribution in [2.24, 2.45) is 0 Å². The van der Waals surface area contributed by atoms with Crippen molar-refractivity contribution in [3.8, 4) is 11.3 Å². The van der Waals surface area contributed by atoms with E-state index < -0.39 is 0 Å². The Kier molecular flexibility index (Phi) is 4.10. The Bertz CT molecular complexity index is 771. The number of nitrogens with one attached hydrogen (secondary N) is 1. The number of H-pyrrole nitrogens is 1. The fourth-order valence-electron chi connectivity index (χ4n) is 3.16. The first-order valence-electron chi connectivity index (χ1n) is 7.95. The number of ether oxygens (including phenoxy) is 1. The molecule has 0 unspecified atom stereocenters. The van der Waals surface area contributed by atoms with Gasteiger partial charge in [0.15, 0.2) is 5.76 Å². The summed E-state index contributed by atoms with van der Waals surface area (Å²) >= 11 is 0. The Morgan fingerprint density at radius 2 is 2.17 bits per heavy atom. The van der Waals surface area contributed by atoms with Crippen LogP contribution in [0.4, 0.5) is 0 Å². The summed E-state index contributed by atoms with van der Waals surface area (Å²) in [4.78, 5) is 11.0. The molecule has 7 nitrogen and oxygen atoms in total. The highest BCUT2D eigenvalue weighted by atomic mass is 16.5. The average molecular weight is 325 g/mol. The Balaban J connectivity index is 1.52. The highest BCUT2D eigenvalue weighted by Gasteiger charge is 2.35. The maximum absolute atomic E-state index is 5.93. The third kappa shape index (κ3) is 2.95. The first-order valence-corrected chi connectivity index (χ1v) is 7.95. The van der Waals surface area contributed by atoms with E-state index in [0.29, 0.717) is 12.4 Å². The van der Waals surface area contributed by atoms with Gasteiger partial charge in [-0.05, 0) is 6.42 Å². The van der Waals surface area contributed by atoms with E-state index >= 15 is 0 Å². The monoisotopic (exact) mass is 325 g/mol. The third-order valence-corrected chi connectivity index (χ3v) is 4.40. The maximum Gasteiger partial charge on any atom is 0.209 e. The lowest BCUT2D eigenvalue weighted by atomic mass is 10.2. The van der Waals surface area contributed by atoms with Crippen LogP contribution in [0.1, 0.15) is 24.2 Å². The van der Waals surface area contributed by atoms with Crippen molar-refractivity contribution in [1.29, 1.82) is 0 Å². The summed E-state index contributed by atoms with van der Waals surface area (Å²) in [7, 11) is 1.74. The largest absolute Gasteiger partial charge is 0.439 e. The summed E-state index contributed by atoms with van der Waals surface area (Å²) in [5, 5.41) is 6.92. The fraction of sp³-hybridized carbons (Fsp3) is 0.353. The molecule has 1 N–H and O–H groups in total. The average Bonchev–Trinajstić information content (AvgIpc) is 3.36. The Morgan fingerprint density at radius 1 is 1.29 bits per heavy atom. The number of likely N-dealkylation sites (tertiary alicyclic amines) is 1. The zero-order chi connectivity index (χ0) is 16.4. The summed E-state index contributed by atoms with van der Waals surface area (Å²) in [6.45, 7) is 1.42. The Labute approximate surface area is 139 Å². The number of aromatic nitrogens is 4. The molecule has 3 heterocycles. The summed E-state index contributed by atoms with van der Waals surface area (Å²) in [5.74, 6) is 2.32. The van der Waals surface area contributed by atoms with Crippen molar-refractivity contribution in [3.05, 3.63) is 54.6 Å². The Morgan fingerprint density at radius 3 is 2.92 bits per heavy atom. The molecule has 1 fully saturated rings. The van der Waals surface area contributed by atoms with Crippen molar-refractivity contribution in [2.75, 3.05) is 13.7 Å². The quantitative estimate of drug-likeness (QED) is 0.776. The molecule has 0 amide bonds. The predicted molar refractivity (Wildman–Crippen MR) is 86.9 cm³/mol. The highest BCUT2D eigenvalue weighted by molar-refractivity contribution is 5.55. The predicted octanol–water partition coefficient (Wildman–Crippen LogP) is 2.42. The van der Waals surface area contributed by atoms with E-state index in [2.05, 4.69) is 25.1 Å². The van der Waals surface area contributed by atoms with Crippen molar-refractivity contribution in [1.82, 2.24) is 25.1 Å². The molecule has 0 radical (unpaired) electrons. The third-order valence-electron chi connectivity index (χ3n) is 4.40. The molecule has 2 aromatic heterocycles. The van der Waals surface area contributed by atoms with Crippen molar-refractivity contribution in [3.63, 3.8) is 0 Å². The van der Waals surface area contributed by atoms with E-state index in [9.17, 15) is 0 Å². The van der Waals surface area contributed by atoms with Crippen LogP contribution >= 0.6 is 0 Å². The fourth-order valence-corrected chi connectivity index (χ4v) is 3.16. The van der Waals surface area contributed by atoms with E-state index in [4.69, 9.17) is 9.15 Å². The van der Waals surface area contributed by atoms with E-state index in [1.165, 1.54) is 6.33 Å². The van der Waals surface area contributed by atoms with Gasteiger partial charge in [-0.15, -0.1) is 0 Å². The molecule has 1 aromatic carbocycles. The van der Waals surface area contributed by atoms with Gasteiger partial charge >= 0.3 is 0 Å². The molecule has 2 atom stereocenters. The summed E-state index contributed by atoms with van der Waals surface area (Å²) < 4.78 is 11.5. The van der Waals surface area contributed by atoms with Gasteiger partial charge in [0.1, 0.15) is 12.2 Å². The Hall–Kier alpha value is -2.51. The number of oxazole rings is 1. The van der Waals surface area contributed by atoms with Gasteiger partial charge in [-0.2, -0.15) is 5.10 Å². The lowest BCUT2D eigenvalue weighted by Gasteiger charge is -2.20. The molecule has 0 bridgehead atoms. The summed E-state index contributed by atoms with van der Waals surface area (Å²) in [6.07, 6.45) is 4.35. The van der Waals surface area contributed by atoms with Crippen molar-refractivity contribution in [2.45, 2.75) is 25.1 Å². The smallest absolute Gasteiger partial charge is 0.209 e. The van der Waals surface area contributed by atoms with E-state index in [1.54, 1.807) is 13.3 Å². The molecule has 0 spiro atoms. The van der Waals surface area contributed by atoms with Crippen LogP contribution in [-0.2, 0) is 11.3 Å². The number of hydrogen-bond donors (Lipinski definition) is 1. The molecule has 4 rings (SSSR count). The van der Waals surface area contributed by atoms with Gasteiger partial charge in [0.05, 0.1) is 24.9 Å². The number of hydrogen-bond acceptors (Lipinski definition) is 6. The highest BCUT2D eigenvalue weighted by Crippen LogP contribution is 2.32. The van der Waals surface area contributed by atoms with E-state index in [0.717, 1.165) is 30.1 Å². The van der Waals surface area contributed by atoms with Crippen LogP contribution < -0.4 is 0 Å². The zero-order valence-corrected chi connectivity index (χ0v) is 13.4. The second-order valence-corrected chi connectivity index (χ2v) is 5.89. The topological polar surface area (TPSA) is 80.1 Å². The molecule has 1 saturated heterocycles. The minimum atomic E-state index is 0.129. The molecule has 1 aliphatic rings. The molecule has 0 aliphatic carbocycles. The second kappa shape index (κ2) is 6.54. The van der Waals surface area contributed by atoms with Crippen LogP contribution in [0.3, 0.4) is 0 Å². The molecule has 7 heteroatoms. The molecule has 1 aliphatic heterocycles. The lowest BCUT2D eigenvalue weighted by molar-refractivity contribution is 0.106. The van der Waals surface area contributed by atoms with Crippen LogP contribution in [0, 0.1) is 0 Å². The first kappa shape index (κ1) is 15.0. The summed E-state index contributed by atoms with van der Waals surface area (Å²) in [6, 6.07) is 10.1. The minimum Gasteiger partial charge on any atom is -0.439 e. The molecular weight excluding hydrogens is 306 g/mol. The van der Waals surface area contributed by atoms with Crippen molar-refractivity contribution < 1.29 is 9.15 Å². The molecule has 3 aromatic rings. The zero-order valence-electron chi connectivity index (χ0n) is 13.4. The lowest BCUT2D eigenvalue weighted by Crippen LogP contribution is -2.25. The van der Waals surface area contributed by atoms with Gasteiger partial charge in [-0.25, -0.2) is 9.97 Å². The van der Waals surface area contributed by atoms with E-state index in [1.807, 2.05) is 30.3 Å². The number of methoxy groups -OCH3 is 1. The van der Waals surface area contributed by atoms with Crippen LogP contribution in [0.2, 0.25) is 0 Å². The molecular formula is C17H19N5O2. The molecule has 0 saturated carbocycles. The van der Waals surface area contributed by atoms with Gasteiger partial charge < -0.3 is 9.15 Å². The molecule has 24 heavy (non-hydrogen) atoms. The number of benzene rings is 1. The van der Waals surface area contributed by atoms with Gasteiger partial charge in [0.2, 0.25) is 5.89 Å². The van der Waals surface area contributed by atoms with Crippen LogP contribution in [0.5, 0.6) is 0 Å².